The van der Waals surface area contributed by atoms with Crippen LogP contribution in [0.25, 0.3) is 11.0 Å². The average molecular weight is 266 g/mol. The minimum absolute atomic E-state index is 0.0890. The summed E-state index contributed by atoms with van der Waals surface area (Å²) >= 11 is 0. The highest BCUT2D eigenvalue weighted by atomic mass is 16.6. The summed E-state index contributed by atoms with van der Waals surface area (Å²) in [7, 11) is 0. The molecule has 0 saturated heterocycles. The smallest absolute Gasteiger partial charge is 0.300 e. The van der Waals surface area contributed by atoms with Crippen molar-refractivity contribution in [1.82, 2.24) is 10.3 Å². The fourth-order valence-electron chi connectivity index (χ4n) is 1.55. The highest BCUT2D eigenvalue weighted by molar-refractivity contribution is 5.93. The normalized spacial score (nSPS) is 14.3. The van der Waals surface area contributed by atoms with E-state index < -0.39 is 10.5 Å². The van der Waals surface area contributed by atoms with Crippen molar-refractivity contribution < 1.29 is 14.7 Å². The van der Waals surface area contributed by atoms with E-state index in [4.69, 9.17) is 0 Å². The van der Waals surface area contributed by atoms with Gasteiger partial charge in [-0.15, -0.1) is 0 Å². The Morgan fingerprint density at radius 3 is 2.79 bits per heavy atom. The van der Waals surface area contributed by atoms with Crippen LogP contribution in [-0.2, 0) is 0 Å². The Kier molecular flexibility index (Phi) is 3.34. The number of aromatic nitrogens is 2. The van der Waals surface area contributed by atoms with Crippen LogP contribution in [0, 0.1) is 10.1 Å². The number of benzene rings is 1. The number of nitro groups is 1. The van der Waals surface area contributed by atoms with Gasteiger partial charge in [0.05, 0.1) is 16.2 Å². The lowest BCUT2D eigenvalue weighted by molar-refractivity contribution is -0.383. The predicted molar refractivity (Wildman–Crippen MR) is 67.9 cm³/mol. The van der Waals surface area contributed by atoms with Crippen LogP contribution in [-0.4, -0.2) is 32.5 Å². The van der Waals surface area contributed by atoms with Gasteiger partial charge in [-0.05, 0) is 29.7 Å². The molecule has 1 unspecified atom stereocenters. The van der Waals surface area contributed by atoms with Crippen molar-refractivity contribution in [3.63, 3.8) is 0 Å². The van der Waals surface area contributed by atoms with Crippen LogP contribution in [0.2, 0.25) is 0 Å². The molecule has 8 heteroatoms. The molecule has 1 heterocycles. The molecule has 1 aromatic heterocycles. The van der Waals surface area contributed by atoms with E-state index in [0.29, 0.717) is 18.7 Å². The number of nitrogens with zero attached hydrogens (tertiary/aromatic N) is 3. The van der Waals surface area contributed by atoms with Crippen molar-refractivity contribution in [2.75, 3.05) is 11.9 Å². The number of rotatable bonds is 5. The van der Waals surface area contributed by atoms with Crippen molar-refractivity contribution in [3.05, 3.63) is 22.2 Å². The Labute approximate surface area is 108 Å². The molecule has 19 heavy (non-hydrogen) atoms. The molecule has 0 saturated carbocycles. The Morgan fingerprint density at radius 1 is 1.47 bits per heavy atom. The zero-order valence-corrected chi connectivity index (χ0v) is 10.6. The fourth-order valence-corrected chi connectivity index (χ4v) is 1.55. The molecule has 1 aromatic carbocycles. The molecule has 0 aliphatic rings. The van der Waals surface area contributed by atoms with Gasteiger partial charge in [0.15, 0.2) is 5.52 Å². The average Bonchev–Trinajstić information content (AvgIpc) is 2.84. The van der Waals surface area contributed by atoms with Gasteiger partial charge < -0.3 is 10.4 Å². The van der Waals surface area contributed by atoms with Gasteiger partial charge in [0, 0.05) is 12.6 Å². The molecule has 0 aliphatic carbocycles. The van der Waals surface area contributed by atoms with Gasteiger partial charge in [-0.3, -0.25) is 10.1 Å². The first-order valence-corrected chi connectivity index (χ1v) is 5.80. The zero-order chi connectivity index (χ0) is 14.0. The monoisotopic (exact) mass is 266 g/mol. The van der Waals surface area contributed by atoms with Gasteiger partial charge >= 0.3 is 5.69 Å². The predicted octanol–water partition coefficient (Wildman–Crippen LogP) is 1.70. The first-order valence-electron chi connectivity index (χ1n) is 5.80. The minimum Gasteiger partial charge on any atom is -0.388 e. The fraction of sp³-hybridized carbons (Fsp3) is 0.455. The van der Waals surface area contributed by atoms with Gasteiger partial charge in [0.2, 0.25) is 5.52 Å². The second-order valence-electron chi connectivity index (χ2n) is 4.55. The third-order valence-electron chi connectivity index (χ3n) is 3.01. The van der Waals surface area contributed by atoms with Crippen molar-refractivity contribution in [3.8, 4) is 0 Å². The van der Waals surface area contributed by atoms with E-state index in [0.717, 1.165) is 0 Å². The maximum Gasteiger partial charge on any atom is 0.300 e. The van der Waals surface area contributed by atoms with Crippen LogP contribution in [0.5, 0.6) is 0 Å². The van der Waals surface area contributed by atoms with Crippen LogP contribution in [0.1, 0.15) is 20.3 Å². The summed E-state index contributed by atoms with van der Waals surface area (Å²) in [4.78, 5) is 10.3. The zero-order valence-electron chi connectivity index (χ0n) is 10.6. The van der Waals surface area contributed by atoms with Crippen molar-refractivity contribution in [2.24, 2.45) is 0 Å². The number of hydrogen-bond acceptors (Lipinski definition) is 7. The topological polar surface area (TPSA) is 114 Å². The van der Waals surface area contributed by atoms with E-state index in [-0.39, 0.29) is 16.7 Å². The van der Waals surface area contributed by atoms with Crippen LogP contribution in [0.3, 0.4) is 0 Å². The molecule has 0 spiro atoms. The molecule has 102 valence electrons. The van der Waals surface area contributed by atoms with Gasteiger partial charge in [-0.25, -0.2) is 4.63 Å². The molecule has 0 bridgehead atoms. The summed E-state index contributed by atoms with van der Waals surface area (Å²) in [5.74, 6) is 0. The summed E-state index contributed by atoms with van der Waals surface area (Å²) < 4.78 is 4.55. The van der Waals surface area contributed by atoms with E-state index in [1.807, 2.05) is 6.92 Å². The van der Waals surface area contributed by atoms with Gasteiger partial charge in [0.25, 0.3) is 0 Å². The highest BCUT2D eigenvalue weighted by Gasteiger charge is 2.22. The molecule has 0 amide bonds. The largest absolute Gasteiger partial charge is 0.388 e. The third kappa shape index (κ3) is 2.63. The Balaban J connectivity index is 2.33. The van der Waals surface area contributed by atoms with Gasteiger partial charge in [-0.1, -0.05) is 6.92 Å². The summed E-state index contributed by atoms with van der Waals surface area (Å²) in [6, 6.07) is 2.85. The van der Waals surface area contributed by atoms with E-state index in [1.165, 1.54) is 12.1 Å². The van der Waals surface area contributed by atoms with Gasteiger partial charge in [-0.2, -0.15) is 0 Å². The number of nitrogens with one attached hydrogen (secondary N) is 1. The molecule has 0 aliphatic heterocycles. The highest BCUT2D eigenvalue weighted by Crippen LogP contribution is 2.29. The minimum atomic E-state index is -0.870. The quantitative estimate of drug-likeness (QED) is 0.625. The molecule has 8 nitrogen and oxygen atoms in total. The van der Waals surface area contributed by atoms with Crippen LogP contribution < -0.4 is 5.32 Å². The number of anilines is 1. The van der Waals surface area contributed by atoms with E-state index in [1.54, 1.807) is 6.92 Å². The Morgan fingerprint density at radius 2 is 2.16 bits per heavy atom. The standard InChI is InChI=1S/C11H14N4O4/c1-3-11(2,16)6-12-7-4-5-8(15(17)18)10-9(7)13-19-14-10/h4-5,12,16H,3,6H2,1-2H3. The maximum absolute atomic E-state index is 10.8. The SMILES string of the molecule is CCC(C)(O)CNc1ccc([N+](=O)[O-])c2nonc12. The molecule has 2 N–H and O–H groups in total. The molecule has 2 aromatic rings. The maximum atomic E-state index is 10.8. The summed E-state index contributed by atoms with van der Waals surface area (Å²) in [5, 5.41) is 30.9. The first kappa shape index (κ1) is 13.2. The molecular formula is C11H14N4O4. The number of aliphatic hydroxyl groups is 1. The Hall–Kier alpha value is -2.22. The number of nitro benzene ring substituents is 1. The van der Waals surface area contributed by atoms with Crippen molar-refractivity contribution in [2.45, 2.75) is 25.9 Å². The number of non-ortho nitro benzene ring substituents is 1. The van der Waals surface area contributed by atoms with Crippen LogP contribution in [0.15, 0.2) is 16.8 Å². The number of hydrogen-bond donors (Lipinski definition) is 2. The Bertz CT molecular complexity index is 608. The second-order valence-corrected chi connectivity index (χ2v) is 4.55. The summed E-state index contributed by atoms with van der Waals surface area (Å²) in [6.07, 6.45) is 0.577. The van der Waals surface area contributed by atoms with Crippen molar-refractivity contribution >= 4 is 22.4 Å². The van der Waals surface area contributed by atoms with Crippen molar-refractivity contribution in [1.29, 1.82) is 0 Å². The van der Waals surface area contributed by atoms with Gasteiger partial charge in [0.1, 0.15) is 0 Å². The first-order chi connectivity index (χ1) is 8.94. The van der Waals surface area contributed by atoms with Crippen LogP contribution >= 0.6 is 0 Å². The lowest BCUT2D eigenvalue weighted by Gasteiger charge is -2.22. The summed E-state index contributed by atoms with van der Waals surface area (Å²) in [5.41, 5.74) is -0.127. The lowest BCUT2D eigenvalue weighted by Crippen LogP contribution is -2.32. The molecule has 0 radical (unpaired) electrons. The molecule has 2 rings (SSSR count). The number of fused-ring (bicyclic) bond motifs is 1. The molecule has 0 fully saturated rings. The van der Waals surface area contributed by atoms with Crippen LogP contribution in [0.4, 0.5) is 11.4 Å². The summed E-state index contributed by atoms with van der Waals surface area (Å²) in [6.45, 7) is 3.86. The third-order valence-corrected chi connectivity index (χ3v) is 3.01. The molecule has 1 atom stereocenters. The molecular weight excluding hydrogens is 252 g/mol. The van der Waals surface area contributed by atoms with E-state index >= 15 is 0 Å². The lowest BCUT2D eigenvalue weighted by atomic mass is 10.0. The van der Waals surface area contributed by atoms with E-state index in [9.17, 15) is 15.2 Å². The second kappa shape index (κ2) is 4.81. The van der Waals surface area contributed by atoms with E-state index in [2.05, 4.69) is 20.3 Å².